The first-order valence-electron chi connectivity index (χ1n) is 7.28. The van der Waals surface area contributed by atoms with Crippen molar-refractivity contribution in [3.63, 3.8) is 0 Å². The Labute approximate surface area is 147 Å². The van der Waals surface area contributed by atoms with Crippen molar-refractivity contribution in [1.29, 1.82) is 0 Å². The number of halogens is 4. The minimum Gasteiger partial charge on any atom is -0.480 e. The van der Waals surface area contributed by atoms with E-state index in [1.807, 2.05) is 0 Å². The van der Waals surface area contributed by atoms with Gasteiger partial charge in [-0.1, -0.05) is 0 Å². The average Bonchev–Trinajstić information content (AvgIpc) is 3.36. The smallest absolute Gasteiger partial charge is 0.435 e. The predicted octanol–water partition coefficient (Wildman–Crippen LogP) is 3.48. The Bertz CT molecular complexity index is 969. The summed E-state index contributed by atoms with van der Waals surface area (Å²) < 4.78 is 45.8. The second kappa shape index (κ2) is 5.61. The fraction of sp³-hybridized carbons (Fsp3) is 0.357. The molecule has 1 aliphatic rings. The molecular weight excluding hydrogens is 405 g/mol. The van der Waals surface area contributed by atoms with Crippen LogP contribution in [-0.4, -0.2) is 37.2 Å². The van der Waals surface area contributed by atoms with Crippen LogP contribution in [-0.2, 0) is 6.18 Å². The highest BCUT2D eigenvalue weighted by molar-refractivity contribution is 9.10. The minimum absolute atomic E-state index is 0.0324. The van der Waals surface area contributed by atoms with Crippen LogP contribution in [0.4, 0.5) is 13.2 Å². The molecule has 1 fully saturated rings. The van der Waals surface area contributed by atoms with Crippen LogP contribution in [0.1, 0.15) is 30.1 Å². The molecule has 1 N–H and O–H groups in total. The van der Waals surface area contributed by atoms with Gasteiger partial charge < -0.3 is 4.74 Å². The maximum absolute atomic E-state index is 13.5. The van der Waals surface area contributed by atoms with Gasteiger partial charge >= 0.3 is 6.18 Å². The number of nitrogens with one attached hydrogen (secondary N) is 1. The number of rotatable bonds is 3. The monoisotopic (exact) mass is 414 g/mol. The number of methoxy groups -OCH3 is 1. The molecule has 0 spiro atoms. The molecule has 0 bridgehead atoms. The van der Waals surface area contributed by atoms with Crippen LogP contribution in [0.15, 0.2) is 10.9 Å². The summed E-state index contributed by atoms with van der Waals surface area (Å²) in [5, 5.41) is 6.06. The van der Waals surface area contributed by atoms with Crippen molar-refractivity contribution in [2.75, 3.05) is 7.11 Å². The molecular formula is C14H10BrF3N6O. The van der Waals surface area contributed by atoms with Crippen LogP contribution in [0.5, 0.6) is 5.88 Å². The summed E-state index contributed by atoms with van der Waals surface area (Å²) in [4.78, 5) is 16.2. The van der Waals surface area contributed by atoms with Crippen molar-refractivity contribution < 1.29 is 17.9 Å². The number of aromatic amines is 1. The Morgan fingerprint density at radius 2 is 2.00 bits per heavy atom. The molecule has 0 atom stereocenters. The van der Waals surface area contributed by atoms with Crippen molar-refractivity contribution in [2.45, 2.75) is 24.9 Å². The van der Waals surface area contributed by atoms with Crippen LogP contribution >= 0.6 is 15.9 Å². The van der Waals surface area contributed by atoms with Crippen molar-refractivity contribution >= 4 is 27.0 Å². The molecule has 3 heterocycles. The Morgan fingerprint density at radius 3 is 2.64 bits per heavy atom. The summed E-state index contributed by atoms with van der Waals surface area (Å²) in [6.07, 6.45) is -1.55. The van der Waals surface area contributed by atoms with Crippen LogP contribution in [0.2, 0.25) is 0 Å². The van der Waals surface area contributed by atoms with E-state index < -0.39 is 11.9 Å². The first-order valence-corrected chi connectivity index (χ1v) is 8.07. The Kier molecular flexibility index (Phi) is 3.63. The maximum atomic E-state index is 13.5. The van der Waals surface area contributed by atoms with Crippen molar-refractivity contribution in [1.82, 2.24) is 30.1 Å². The van der Waals surface area contributed by atoms with Gasteiger partial charge in [0.2, 0.25) is 5.88 Å². The zero-order chi connectivity index (χ0) is 17.8. The molecule has 130 valence electrons. The number of H-pyrrole nitrogens is 1. The van der Waals surface area contributed by atoms with Gasteiger partial charge in [-0.3, -0.25) is 5.10 Å². The molecule has 11 heteroatoms. The number of ether oxygens (including phenoxy) is 1. The molecule has 0 aliphatic heterocycles. The van der Waals surface area contributed by atoms with E-state index in [4.69, 9.17) is 4.74 Å². The number of hydrogen-bond acceptors (Lipinski definition) is 6. The highest BCUT2D eigenvalue weighted by Crippen LogP contribution is 2.45. The summed E-state index contributed by atoms with van der Waals surface area (Å²) in [6.45, 7) is 0. The molecule has 1 aliphatic carbocycles. The van der Waals surface area contributed by atoms with E-state index >= 15 is 0 Å². The van der Waals surface area contributed by atoms with E-state index in [1.165, 1.54) is 13.4 Å². The molecule has 0 aromatic carbocycles. The standard InChI is InChI=1S/C14H10BrF3N6O/c1-25-13-6(7(5-2-3-5)19-4-20-13)12-21-9-8(23-24-11(9)15)10(22-12)14(16,17)18/h4-5H,2-3H2,1H3,(H,23,24). The third kappa shape index (κ3) is 2.71. The lowest BCUT2D eigenvalue weighted by atomic mass is 10.1. The van der Waals surface area contributed by atoms with Crippen LogP contribution in [0.3, 0.4) is 0 Å². The summed E-state index contributed by atoms with van der Waals surface area (Å²) >= 11 is 3.11. The van der Waals surface area contributed by atoms with Gasteiger partial charge in [0.05, 0.1) is 12.8 Å². The van der Waals surface area contributed by atoms with Crippen LogP contribution < -0.4 is 4.74 Å². The zero-order valence-corrected chi connectivity index (χ0v) is 14.3. The topological polar surface area (TPSA) is 89.5 Å². The molecule has 0 saturated heterocycles. The van der Waals surface area contributed by atoms with Crippen molar-refractivity contribution in [3.8, 4) is 17.3 Å². The lowest BCUT2D eigenvalue weighted by Crippen LogP contribution is -2.12. The molecule has 0 unspecified atom stereocenters. The first-order chi connectivity index (χ1) is 11.9. The Morgan fingerprint density at radius 1 is 1.24 bits per heavy atom. The molecule has 0 radical (unpaired) electrons. The van der Waals surface area contributed by atoms with Gasteiger partial charge in [0.1, 0.15) is 22.9 Å². The summed E-state index contributed by atoms with van der Waals surface area (Å²) in [5.74, 6) is 0.151. The van der Waals surface area contributed by atoms with Gasteiger partial charge in [-0.05, 0) is 28.8 Å². The van der Waals surface area contributed by atoms with Gasteiger partial charge in [0.15, 0.2) is 16.1 Å². The SMILES string of the molecule is COc1ncnc(C2CC2)c1-c1nc(C(F)(F)F)c2[nH]nc(Br)c2n1. The number of fused-ring (bicyclic) bond motifs is 1. The zero-order valence-electron chi connectivity index (χ0n) is 12.7. The van der Waals surface area contributed by atoms with E-state index in [-0.39, 0.29) is 38.8 Å². The number of alkyl halides is 3. The quantitative estimate of drug-likeness (QED) is 0.705. The number of aromatic nitrogens is 6. The van der Waals surface area contributed by atoms with E-state index in [0.29, 0.717) is 5.69 Å². The summed E-state index contributed by atoms with van der Waals surface area (Å²) in [6, 6.07) is 0. The summed E-state index contributed by atoms with van der Waals surface area (Å²) in [5.41, 5.74) is -0.470. The molecule has 25 heavy (non-hydrogen) atoms. The highest BCUT2D eigenvalue weighted by atomic mass is 79.9. The lowest BCUT2D eigenvalue weighted by Gasteiger charge is -2.13. The van der Waals surface area contributed by atoms with Crippen molar-refractivity contribution in [2.24, 2.45) is 0 Å². The van der Waals surface area contributed by atoms with E-state index in [1.54, 1.807) is 0 Å². The fourth-order valence-corrected chi connectivity index (χ4v) is 2.98. The second-order valence-electron chi connectivity index (χ2n) is 5.55. The van der Waals surface area contributed by atoms with Gasteiger partial charge in [0.25, 0.3) is 0 Å². The predicted molar refractivity (Wildman–Crippen MR) is 83.9 cm³/mol. The molecule has 3 aromatic rings. The van der Waals surface area contributed by atoms with Gasteiger partial charge in [-0.25, -0.2) is 19.9 Å². The number of hydrogen-bond donors (Lipinski definition) is 1. The maximum Gasteiger partial charge on any atom is 0.435 e. The van der Waals surface area contributed by atoms with E-state index in [9.17, 15) is 13.2 Å². The van der Waals surface area contributed by atoms with Crippen LogP contribution in [0, 0.1) is 0 Å². The molecule has 7 nitrogen and oxygen atoms in total. The average molecular weight is 415 g/mol. The van der Waals surface area contributed by atoms with Gasteiger partial charge in [-0.2, -0.15) is 18.3 Å². The van der Waals surface area contributed by atoms with Gasteiger partial charge in [-0.15, -0.1) is 0 Å². The summed E-state index contributed by atoms with van der Waals surface area (Å²) in [7, 11) is 1.39. The number of nitrogens with zero attached hydrogens (tertiary/aromatic N) is 5. The van der Waals surface area contributed by atoms with Gasteiger partial charge in [0, 0.05) is 5.92 Å². The Hall–Kier alpha value is -2.30. The van der Waals surface area contributed by atoms with E-state index in [2.05, 4.69) is 46.1 Å². The molecule has 4 rings (SSSR count). The highest BCUT2D eigenvalue weighted by Gasteiger charge is 2.38. The Balaban J connectivity index is 2.04. The minimum atomic E-state index is -4.68. The fourth-order valence-electron chi connectivity index (χ4n) is 2.60. The van der Waals surface area contributed by atoms with E-state index in [0.717, 1.165) is 12.8 Å². The third-order valence-corrected chi connectivity index (χ3v) is 4.41. The molecule has 3 aromatic heterocycles. The first kappa shape index (κ1) is 16.2. The lowest BCUT2D eigenvalue weighted by molar-refractivity contribution is -0.139. The van der Waals surface area contributed by atoms with Crippen molar-refractivity contribution in [3.05, 3.63) is 22.3 Å². The molecule has 1 saturated carbocycles. The largest absolute Gasteiger partial charge is 0.480 e. The second-order valence-corrected chi connectivity index (χ2v) is 6.30. The molecule has 0 amide bonds. The van der Waals surface area contributed by atoms with Crippen LogP contribution in [0.25, 0.3) is 22.4 Å². The normalized spacial score (nSPS) is 14.9. The third-order valence-electron chi connectivity index (χ3n) is 3.86.